The van der Waals surface area contributed by atoms with Crippen LogP contribution in [0.2, 0.25) is 0 Å². The van der Waals surface area contributed by atoms with Gasteiger partial charge in [0.2, 0.25) is 0 Å². The minimum atomic E-state index is -0.928. The summed E-state index contributed by atoms with van der Waals surface area (Å²) in [6.45, 7) is 3.80. The zero-order valence-electron chi connectivity index (χ0n) is 26.7. The van der Waals surface area contributed by atoms with Crippen LogP contribution in [0.15, 0.2) is 36.5 Å². The number of carbonyl (C=O) groups excluding carboxylic acids is 2. The molecule has 7 heteroatoms. The second kappa shape index (κ2) is 30.5. The first-order valence-corrected chi connectivity index (χ1v) is 16.7. The number of aliphatic hydroxyl groups excluding tert-OH is 3. The fraction of sp³-hybridized carbons (Fsp3) is 0.771. The van der Waals surface area contributed by atoms with Crippen LogP contribution in [-0.4, -0.2) is 58.8 Å². The molecule has 0 amide bonds. The highest BCUT2D eigenvalue weighted by atomic mass is 16.6. The second-order valence-corrected chi connectivity index (χ2v) is 11.2. The normalized spacial score (nSPS) is 14.1. The Morgan fingerprint density at radius 1 is 0.643 bits per heavy atom. The fourth-order valence-electron chi connectivity index (χ4n) is 4.42. The van der Waals surface area contributed by atoms with Crippen LogP contribution in [0.1, 0.15) is 142 Å². The Morgan fingerprint density at radius 2 is 1.19 bits per heavy atom. The standard InChI is InChI=1S/C35H62O7/c1-3-5-7-9-11-13-14-15-17-18-20-22-25-32(37)33(38)26-24-28-34(39)41-30-31(29-36)42-35(40)27-23-21-19-16-12-10-8-6-4-2/h11,13,15,17,20,22,31-33,36-38H,3-10,12,14,16,18-19,21,23-30H2,1-2H3/b13-11-,17-15-,22-20-/t31-,32?,33?/m0/s1. The summed E-state index contributed by atoms with van der Waals surface area (Å²) >= 11 is 0. The Labute approximate surface area is 256 Å². The summed E-state index contributed by atoms with van der Waals surface area (Å²) in [6, 6.07) is 0. The van der Waals surface area contributed by atoms with E-state index in [0.717, 1.165) is 38.5 Å². The van der Waals surface area contributed by atoms with Crippen LogP contribution in [0.25, 0.3) is 0 Å². The van der Waals surface area contributed by atoms with Crippen molar-refractivity contribution in [3.05, 3.63) is 36.5 Å². The number of carbonyl (C=O) groups is 2. The van der Waals surface area contributed by atoms with Gasteiger partial charge in [-0.05, 0) is 51.4 Å². The summed E-state index contributed by atoms with van der Waals surface area (Å²) in [5, 5.41) is 29.8. The van der Waals surface area contributed by atoms with Gasteiger partial charge in [-0.2, -0.15) is 0 Å². The summed E-state index contributed by atoms with van der Waals surface area (Å²) < 4.78 is 10.4. The molecule has 3 atom stereocenters. The van der Waals surface area contributed by atoms with E-state index in [2.05, 4.69) is 38.2 Å². The molecule has 0 saturated carbocycles. The maximum absolute atomic E-state index is 12.0. The van der Waals surface area contributed by atoms with E-state index >= 15 is 0 Å². The van der Waals surface area contributed by atoms with Crippen LogP contribution in [0, 0.1) is 0 Å². The lowest BCUT2D eigenvalue weighted by molar-refractivity contribution is -0.161. The number of unbranched alkanes of at least 4 members (excludes halogenated alkanes) is 11. The molecular weight excluding hydrogens is 532 g/mol. The van der Waals surface area contributed by atoms with Gasteiger partial charge in [0.25, 0.3) is 0 Å². The van der Waals surface area contributed by atoms with E-state index in [-0.39, 0.29) is 25.4 Å². The van der Waals surface area contributed by atoms with Crippen LogP contribution in [-0.2, 0) is 19.1 Å². The highest BCUT2D eigenvalue weighted by molar-refractivity contribution is 5.70. The molecule has 0 aliphatic carbocycles. The second-order valence-electron chi connectivity index (χ2n) is 11.2. The lowest BCUT2D eigenvalue weighted by Crippen LogP contribution is -2.28. The van der Waals surface area contributed by atoms with Gasteiger partial charge < -0.3 is 24.8 Å². The van der Waals surface area contributed by atoms with Gasteiger partial charge >= 0.3 is 11.9 Å². The number of ether oxygens (including phenoxy) is 2. The molecule has 0 spiro atoms. The van der Waals surface area contributed by atoms with Crippen LogP contribution in [0.4, 0.5) is 0 Å². The molecule has 2 unspecified atom stereocenters. The highest BCUT2D eigenvalue weighted by Gasteiger charge is 2.18. The van der Waals surface area contributed by atoms with Gasteiger partial charge in [-0.25, -0.2) is 0 Å². The van der Waals surface area contributed by atoms with Crippen LogP contribution >= 0.6 is 0 Å². The van der Waals surface area contributed by atoms with Crippen molar-refractivity contribution in [2.45, 2.75) is 161 Å². The van der Waals surface area contributed by atoms with E-state index in [9.17, 15) is 24.9 Å². The minimum Gasteiger partial charge on any atom is -0.462 e. The molecule has 7 nitrogen and oxygen atoms in total. The third-order valence-electron chi connectivity index (χ3n) is 7.14. The van der Waals surface area contributed by atoms with Crippen molar-refractivity contribution in [1.29, 1.82) is 0 Å². The van der Waals surface area contributed by atoms with Gasteiger partial charge in [-0.3, -0.25) is 9.59 Å². The fourth-order valence-corrected chi connectivity index (χ4v) is 4.42. The molecule has 0 bridgehead atoms. The summed E-state index contributed by atoms with van der Waals surface area (Å²) in [7, 11) is 0. The van der Waals surface area contributed by atoms with Crippen LogP contribution in [0.3, 0.4) is 0 Å². The van der Waals surface area contributed by atoms with Gasteiger partial charge in [0.15, 0.2) is 6.10 Å². The molecule has 0 aliphatic rings. The van der Waals surface area contributed by atoms with E-state index in [1.165, 1.54) is 57.8 Å². The number of allylic oxidation sites excluding steroid dienone is 5. The summed E-state index contributed by atoms with van der Waals surface area (Å²) in [4.78, 5) is 24.1. The smallest absolute Gasteiger partial charge is 0.306 e. The number of hydrogen-bond acceptors (Lipinski definition) is 7. The molecule has 0 fully saturated rings. The minimum absolute atomic E-state index is 0.0714. The molecule has 0 aromatic heterocycles. The average Bonchev–Trinajstić information content (AvgIpc) is 2.98. The first-order valence-electron chi connectivity index (χ1n) is 16.7. The third-order valence-corrected chi connectivity index (χ3v) is 7.14. The van der Waals surface area contributed by atoms with E-state index < -0.39 is 30.9 Å². The molecule has 0 rings (SSSR count). The van der Waals surface area contributed by atoms with Crippen molar-refractivity contribution in [2.75, 3.05) is 13.2 Å². The van der Waals surface area contributed by atoms with E-state index in [4.69, 9.17) is 9.47 Å². The number of hydrogen-bond donors (Lipinski definition) is 3. The molecule has 0 radical (unpaired) electrons. The Bertz CT molecular complexity index is 716. The maximum Gasteiger partial charge on any atom is 0.306 e. The lowest BCUT2D eigenvalue weighted by atomic mass is 10.0. The van der Waals surface area contributed by atoms with Crippen molar-refractivity contribution >= 4 is 11.9 Å². The molecular formula is C35H62O7. The maximum atomic E-state index is 12.0. The molecule has 0 aliphatic heterocycles. The predicted octanol–water partition coefficient (Wildman–Crippen LogP) is 7.67. The molecule has 0 saturated heterocycles. The van der Waals surface area contributed by atoms with Crippen molar-refractivity contribution in [3.63, 3.8) is 0 Å². The molecule has 0 aromatic carbocycles. The van der Waals surface area contributed by atoms with E-state index in [1.807, 2.05) is 12.2 Å². The van der Waals surface area contributed by atoms with Crippen molar-refractivity contribution in [3.8, 4) is 0 Å². The molecule has 244 valence electrons. The highest BCUT2D eigenvalue weighted by Crippen LogP contribution is 2.12. The average molecular weight is 595 g/mol. The van der Waals surface area contributed by atoms with E-state index in [1.54, 1.807) is 0 Å². The van der Waals surface area contributed by atoms with Gasteiger partial charge in [-0.15, -0.1) is 0 Å². The Morgan fingerprint density at radius 3 is 1.83 bits per heavy atom. The lowest BCUT2D eigenvalue weighted by Gasteiger charge is -2.17. The van der Waals surface area contributed by atoms with Gasteiger partial charge in [0.1, 0.15) is 6.61 Å². The Kier molecular flexibility index (Phi) is 29.1. The van der Waals surface area contributed by atoms with Crippen molar-refractivity contribution in [2.24, 2.45) is 0 Å². The Hall–Kier alpha value is -1.96. The summed E-state index contributed by atoms with van der Waals surface area (Å²) in [6.07, 6.45) is 28.1. The largest absolute Gasteiger partial charge is 0.462 e. The van der Waals surface area contributed by atoms with Crippen molar-refractivity contribution < 1.29 is 34.4 Å². The molecule has 0 aromatic rings. The van der Waals surface area contributed by atoms with Crippen molar-refractivity contribution in [1.82, 2.24) is 0 Å². The molecule has 0 heterocycles. The number of rotatable bonds is 29. The topological polar surface area (TPSA) is 113 Å². The summed E-state index contributed by atoms with van der Waals surface area (Å²) in [5.74, 6) is -0.881. The Balaban J connectivity index is 3.90. The SMILES string of the molecule is CCCCC/C=C\C/C=C\C/C=C\CC(O)C(O)CCCC(=O)OC[C@H](CO)OC(=O)CCCCCCCCCCC. The molecule has 42 heavy (non-hydrogen) atoms. The number of esters is 2. The van der Waals surface area contributed by atoms with Crippen LogP contribution < -0.4 is 0 Å². The quantitative estimate of drug-likeness (QED) is 0.0463. The first kappa shape index (κ1) is 40.0. The molecule has 3 N–H and O–H groups in total. The zero-order chi connectivity index (χ0) is 31.1. The monoisotopic (exact) mass is 594 g/mol. The summed E-state index contributed by atoms with van der Waals surface area (Å²) in [5.41, 5.74) is 0. The van der Waals surface area contributed by atoms with Gasteiger partial charge in [0.05, 0.1) is 18.8 Å². The van der Waals surface area contributed by atoms with Crippen LogP contribution in [0.5, 0.6) is 0 Å². The third kappa shape index (κ3) is 26.9. The first-order chi connectivity index (χ1) is 20.4. The number of aliphatic hydroxyl groups is 3. The van der Waals surface area contributed by atoms with Gasteiger partial charge in [0, 0.05) is 12.8 Å². The van der Waals surface area contributed by atoms with Gasteiger partial charge in [-0.1, -0.05) is 115 Å². The van der Waals surface area contributed by atoms with E-state index in [0.29, 0.717) is 19.3 Å². The predicted molar refractivity (Wildman–Crippen MR) is 171 cm³/mol. The zero-order valence-corrected chi connectivity index (χ0v) is 26.7.